The number of rotatable bonds is 4. The smallest absolute Gasteiger partial charge is 0.180 e. The van der Waals surface area contributed by atoms with E-state index in [1.54, 1.807) is 0 Å². The quantitative estimate of drug-likeness (QED) is 0.313. The minimum atomic E-state index is -1.28. The van der Waals surface area contributed by atoms with Crippen LogP contribution in [0.3, 0.4) is 0 Å². The molecule has 0 aromatic heterocycles. The van der Waals surface area contributed by atoms with Crippen molar-refractivity contribution in [1.29, 1.82) is 0 Å². The number of carbonyl (C=O) groups is 1. The molecular weight excluding hydrogens is 208 g/mol. The van der Waals surface area contributed by atoms with Crippen molar-refractivity contribution < 1.29 is 4.79 Å². The van der Waals surface area contributed by atoms with Gasteiger partial charge in [0.05, 0.1) is 0 Å². The van der Waals surface area contributed by atoms with Crippen LogP contribution in [0.15, 0.2) is 0 Å². The molecule has 0 spiro atoms. The molecule has 0 saturated heterocycles. The van der Waals surface area contributed by atoms with Crippen molar-refractivity contribution in [2.75, 3.05) is 0 Å². The lowest BCUT2D eigenvalue weighted by atomic mass is 10.1. The van der Waals surface area contributed by atoms with E-state index in [9.17, 15) is 4.79 Å². The predicted octanol–water partition coefficient (Wildman–Crippen LogP) is 2.78. The summed E-state index contributed by atoms with van der Waals surface area (Å²) in [4.78, 5) is 9.18. The van der Waals surface area contributed by atoms with Crippen molar-refractivity contribution >= 4 is 41.4 Å². The van der Waals surface area contributed by atoms with E-state index in [0.29, 0.717) is 16.6 Å². The fraction of sp³-hybridized carbons (Fsp3) is 0.833. The average Bonchev–Trinajstić information content (AvgIpc) is 1.86. The average molecular weight is 219 g/mol. The topological polar surface area (TPSA) is 20.3 Å². The normalized spacial score (nSPS) is 17.0. The summed E-state index contributed by atoms with van der Waals surface area (Å²) in [6, 6.07) is 0. The summed E-state index contributed by atoms with van der Waals surface area (Å²) in [5.74, 6) is 0.262. The molecule has 5 heteroatoms. The number of aldehydes is 1. The maximum Gasteiger partial charge on any atom is 0.180 e. The van der Waals surface area contributed by atoms with E-state index in [2.05, 4.69) is 0 Å². The summed E-state index contributed by atoms with van der Waals surface area (Å²) in [6.07, 6.45) is 0.958. The fourth-order valence-electron chi connectivity index (χ4n) is 0.730. The summed E-state index contributed by atoms with van der Waals surface area (Å²) in [6.45, 7) is 3.86. The highest BCUT2D eigenvalue weighted by atomic mass is 35.5. The Bertz CT molecular complexity index is 140. The number of halogens is 3. The molecule has 1 atom stereocenters. The molecule has 11 heavy (non-hydrogen) atoms. The number of alkyl halides is 1. The number of hydrogen-bond donors (Lipinski definition) is 0. The van der Waals surface area contributed by atoms with Crippen molar-refractivity contribution in [3.63, 3.8) is 0 Å². The van der Waals surface area contributed by atoms with Gasteiger partial charge in [0.2, 0.25) is 0 Å². The second-order valence-electron chi connectivity index (χ2n) is 2.77. The van der Waals surface area contributed by atoms with Gasteiger partial charge in [-0.1, -0.05) is 25.4 Å². The lowest BCUT2D eigenvalue weighted by Crippen LogP contribution is -2.35. The SMILES string of the molecule is CC(C)C[C@@](Cl)(C=O)N(Cl)Cl. The van der Waals surface area contributed by atoms with E-state index in [0.717, 1.165) is 0 Å². The van der Waals surface area contributed by atoms with Crippen LogP contribution in [0.25, 0.3) is 0 Å². The van der Waals surface area contributed by atoms with Crippen LogP contribution >= 0.6 is 35.2 Å². The van der Waals surface area contributed by atoms with Crippen LogP contribution in [0.1, 0.15) is 20.3 Å². The van der Waals surface area contributed by atoms with Crippen LogP contribution in [0.4, 0.5) is 0 Å². The minimum absolute atomic E-state index is 0.262. The zero-order chi connectivity index (χ0) is 9.07. The third-order valence-corrected chi connectivity index (χ3v) is 2.34. The highest BCUT2D eigenvalue weighted by Crippen LogP contribution is 2.30. The Hall–Kier alpha value is 0.500. The molecule has 0 heterocycles. The van der Waals surface area contributed by atoms with Gasteiger partial charge in [-0.25, -0.2) is 0 Å². The van der Waals surface area contributed by atoms with Gasteiger partial charge in [0.1, 0.15) is 0 Å². The van der Waals surface area contributed by atoms with Crippen LogP contribution in [0.5, 0.6) is 0 Å². The minimum Gasteiger partial charge on any atom is -0.300 e. The standard InChI is InChI=1S/C6H10Cl3NO/c1-5(2)3-6(7,4-11)10(8)9/h4-5H,3H2,1-2H3/t6-/m0/s1. The van der Waals surface area contributed by atoms with Crippen molar-refractivity contribution in [2.24, 2.45) is 5.92 Å². The first-order valence-corrected chi connectivity index (χ1v) is 4.25. The van der Waals surface area contributed by atoms with Crippen LogP contribution in [-0.4, -0.2) is 15.2 Å². The molecule has 0 fully saturated rings. The molecule has 0 aliphatic heterocycles. The monoisotopic (exact) mass is 217 g/mol. The highest BCUT2D eigenvalue weighted by Gasteiger charge is 2.33. The van der Waals surface area contributed by atoms with Crippen molar-refractivity contribution in [1.82, 2.24) is 3.94 Å². The van der Waals surface area contributed by atoms with Gasteiger partial charge < -0.3 is 0 Å². The summed E-state index contributed by atoms with van der Waals surface area (Å²) in [5, 5.41) is 0. The molecule has 0 radical (unpaired) electrons. The maximum atomic E-state index is 10.5. The summed E-state index contributed by atoms with van der Waals surface area (Å²) in [5.41, 5.74) is 0. The third kappa shape index (κ3) is 3.61. The zero-order valence-electron chi connectivity index (χ0n) is 6.35. The lowest BCUT2D eigenvalue weighted by Gasteiger charge is -2.24. The van der Waals surface area contributed by atoms with Gasteiger partial charge in [0, 0.05) is 0 Å². The van der Waals surface area contributed by atoms with Gasteiger partial charge in [-0.15, -0.1) is 3.94 Å². The molecule has 0 saturated carbocycles. The van der Waals surface area contributed by atoms with E-state index in [4.69, 9.17) is 35.2 Å². The van der Waals surface area contributed by atoms with Crippen LogP contribution in [0, 0.1) is 5.92 Å². The van der Waals surface area contributed by atoms with Crippen molar-refractivity contribution in [3.8, 4) is 0 Å². The molecule has 2 nitrogen and oxygen atoms in total. The highest BCUT2D eigenvalue weighted by molar-refractivity contribution is 6.43. The first-order chi connectivity index (χ1) is 4.92. The van der Waals surface area contributed by atoms with Crippen LogP contribution < -0.4 is 0 Å². The Kier molecular flexibility index (Phi) is 4.71. The number of nitrogens with zero attached hydrogens (tertiary/aromatic N) is 1. The second kappa shape index (κ2) is 4.51. The molecule has 66 valence electrons. The van der Waals surface area contributed by atoms with Crippen LogP contribution in [0.2, 0.25) is 0 Å². The number of carbonyl (C=O) groups excluding carboxylic acids is 1. The molecule has 0 aromatic carbocycles. The summed E-state index contributed by atoms with van der Waals surface area (Å²) < 4.78 is 0.682. The molecule has 0 rings (SSSR count). The zero-order valence-corrected chi connectivity index (χ0v) is 8.62. The molecular formula is C6H10Cl3NO. The van der Waals surface area contributed by atoms with Crippen LogP contribution in [-0.2, 0) is 4.79 Å². The largest absolute Gasteiger partial charge is 0.300 e. The maximum absolute atomic E-state index is 10.5. The first-order valence-electron chi connectivity index (χ1n) is 3.19. The molecule has 0 aromatic rings. The van der Waals surface area contributed by atoms with Gasteiger partial charge in [-0.05, 0) is 35.9 Å². The Morgan fingerprint density at radius 2 is 2.00 bits per heavy atom. The molecule has 0 aliphatic rings. The van der Waals surface area contributed by atoms with E-state index < -0.39 is 5.00 Å². The Morgan fingerprint density at radius 3 is 2.09 bits per heavy atom. The van der Waals surface area contributed by atoms with E-state index >= 15 is 0 Å². The Balaban J connectivity index is 4.22. The van der Waals surface area contributed by atoms with E-state index in [1.807, 2.05) is 13.8 Å². The fourth-order valence-corrected chi connectivity index (χ4v) is 1.26. The second-order valence-corrected chi connectivity index (χ2v) is 4.27. The lowest BCUT2D eigenvalue weighted by molar-refractivity contribution is -0.112. The molecule has 0 unspecified atom stereocenters. The van der Waals surface area contributed by atoms with Crippen molar-refractivity contribution in [2.45, 2.75) is 25.3 Å². The molecule has 0 bridgehead atoms. The Morgan fingerprint density at radius 1 is 1.55 bits per heavy atom. The van der Waals surface area contributed by atoms with Gasteiger partial charge in [-0.3, -0.25) is 4.79 Å². The van der Waals surface area contributed by atoms with E-state index in [-0.39, 0.29) is 5.92 Å². The van der Waals surface area contributed by atoms with E-state index in [1.165, 1.54) is 0 Å². The number of hydrogen-bond acceptors (Lipinski definition) is 2. The Labute approximate surface area is 81.6 Å². The van der Waals surface area contributed by atoms with Gasteiger partial charge >= 0.3 is 0 Å². The predicted molar refractivity (Wildman–Crippen MR) is 47.6 cm³/mol. The van der Waals surface area contributed by atoms with Gasteiger partial charge in [0.25, 0.3) is 0 Å². The summed E-state index contributed by atoms with van der Waals surface area (Å²) >= 11 is 16.5. The molecule has 0 aliphatic carbocycles. The molecule has 0 N–H and O–H groups in total. The van der Waals surface area contributed by atoms with Gasteiger partial charge in [-0.2, -0.15) is 0 Å². The first kappa shape index (κ1) is 11.5. The third-order valence-electron chi connectivity index (χ3n) is 1.16. The van der Waals surface area contributed by atoms with Crippen molar-refractivity contribution in [3.05, 3.63) is 0 Å². The summed E-state index contributed by atoms with van der Waals surface area (Å²) in [7, 11) is 0. The molecule has 0 amide bonds. The van der Waals surface area contributed by atoms with Gasteiger partial charge in [0.15, 0.2) is 11.3 Å².